The molecule has 1 aromatic carbocycles. The normalized spacial score (nSPS) is 10.3. The zero-order chi connectivity index (χ0) is 13.4. The van der Waals surface area contributed by atoms with Gasteiger partial charge in [0.25, 0.3) is 0 Å². The first kappa shape index (κ1) is 14.7. The largest absolute Gasteiger partial charge is 0.397 e. The van der Waals surface area contributed by atoms with Crippen LogP contribution in [-0.2, 0) is 0 Å². The molecule has 0 radical (unpaired) electrons. The summed E-state index contributed by atoms with van der Waals surface area (Å²) in [4.78, 5) is 11.1. The second kappa shape index (κ2) is 7.87. The van der Waals surface area contributed by atoms with Crippen LogP contribution in [0.2, 0.25) is 0 Å². The van der Waals surface area contributed by atoms with E-state index >= 15 is 0 Å². The zero-order valence-corrected chi connectivity index (χ0v) is 11.4. The molecule has 0 bridgehead atoms. The lowest BCUT2D eigenvalue weighted by molar-refractivity contribution is 0.100. The number of benzene rings is 1. The summed E-state index contributed by atoms with van der Waals surface area (Å²) in [5.41, 5.74) is 12.9. The summed E-state index contributed by atoms with van der Waals surface area (Å²) in [6.07, 6.45) is 4.60. The summed E-state index contributed by atoms with van der Waals surface area (Å²) in [6, 6.07) is 5.03. The Balaban J connectivity index is 2.41. The van der Waals surface area contributed by atoms with Gasteiger partial charge in [-0.15, -0.1) is 0 Å². The van der Waals surface area contributed by atoms with Gasteiger partial charge in [0.2, 0.25) is 5.91 Å². The molecule has 4 nitrogen and oxygen atoms in total. The highest BCUT2D eigenvalue weighted by molar-refractivity contribution is 7.80. The van der Waals surface area contributed by atoms with Gasteiger partial charge in [-0.1, -0.05) is 12.8 Å². The first-order valence-electron chi connectivity index (χ1n) is 6.19. The molecule has 18 heavy (non-hydrogen) atoms. The lowest BCUT2D eigenvalue weighted by Crippen LogP contribution is -2.12. The molecule has 0 saturated carbocycles. The minimum atomic E-state index is -0.438. The quantitative estimate of drug-likeness (QED) is 0.331. The Morgan fingerprint density at radius 2 is 1.94 bits per heavy atom. The van der Waals surface area contributed by atoms with Crippen molar-refractivity contribution in [3.05, 3.63) is 23.8 Å². The number of unbranched alkanes of at least 4 members (excludes halogenated alkanes) is 3. The number of amides is 1. The fourth-order valence-electron chi connectivity index (χ4n) is 1.68. The van der Waals surface area contributed by atoms with Crippen molar-refractivity contribution in [1.29, 1.82) is 0 Å². The lowest BCUT2D eigenvalue weighted by atomic mass is 10.1. The van der Waals surface area contributed by atoms with Crippen LogP contribution in [-0.4, -0.2) is 18.2 Å². The summed E-state index contributed by atoms with van der Waals surface area (Å²) in [5, 5.41) is 3.23. The molecule has 0 heterocycles. The van der Waals surface area contributed by atoms with Gasteiger partial charge < -0.3 is 16.8 Å². The Morgan fingerprint density at radius 1 is 1.22 bits per heavy atom. The molecule has 100 valence electrons. The third-order valence-corrected chi connectivity index (χ3v) is 3.05. The van der Waals surface area contributed by atoms with Gasteiger partial charge in [-0.2, -0.15) is 12.6 Å². The molecule has 1 amide bonds. The number of carbonyl (C=O) groups is 1. The highest BCUT2D eigenvalue weighted by Crippen LogP contribution is 2.19. The zero-order valence-electron chi connectivity index (χ0n) is 10.5. The molecule has 0 atom stereocenters. The number of hydrogen-bond donors (Lipinski definition) is 4. The Hall–Kier alpha value is -1.36. The predicted octanol–water partition coefficient (Wildman–Crippen LogP) is 2.27. The van der Waals surface area contributed by atoms with E-state index in [9.17, 15) is 4.79 Å². The molecule has 0 saturated heterocycles. The second-order valence-electron chi connectivity index (χ2n) is 4.23. The molecule has 5 heteroatoms. The first-order valence-corrected chi connectivity index (χ1v) is 6.82. The molecule has 1 rings (SSSR count). The highest BCUT2D eigenvalue weighted by Gasteiger charge is 2.04. The van der Waals surface area contributed by atoms with Crippen molar-refractivity contribution in [2.24, 2.45) is 5.73 Å². The summed E-state index contributed by atoms with van der Waals surface area (Å²) >= 11 is 4.17. The van der Waals surface area contributed by atoms with Crippen LogP contribution in [0.15, 0.2) is 18.2 Å². The van der Waals surface area contributed by atoms with Gasteiger partial charge in [0.1, 0.15) is 0 Å². The van der Waals surface area contributed by atoms with Crippen LogP contribution in [0, 0.1) is 0 Å². The number of carbonyl (C=O) groups excluding carboxylic acids is 1. The third-order valence-electron chi connectivity index (χ3n) is 2.74. The van der Waals surface area contributed by atoms with Crippen LogP contribution in [0.1, 0.15) is 36.0 Å². The van der Waals surface area contributed by atoms with E-state index in [4.69, 9.17) is 11.5 Å². The summed E-state index contributed by atoms with van der Waals surface area (Å²) in [5.74, 6) is 0.507. The smallest absolute Gasteiger partial charge is 0.248 e. The van der Waals surface area contributed by atoms with Crippen LogP contribution in [0.25, 0.3) is 0 Å². The van der Waals surface area contributed by atoms with Crippen molar-refractivity contribution in [2.75, 3.05) is 23.3 Å². The monoisotopic (exact) mass is 267 g/mol. The number of nitrogen functional groups attached to an aromatic ring is 1. The van der Waals surface area contributed by atoms with E-state index in [-0.39, 0.29) is 0 Å². The summed E-state index contributed by atoms with van der Waals surface area (Å²) in [7, 11) is 0. The molecular formula is C13H21N3OS. The van der Waals surface area contributed by atoms with Gasteiger partial charge in [0, 0.05) is 12.1 Å². The molecule has 0 aromatic heterocycles. The Kier molecular flexibility index (Phi) is 6.43. The molecule has 0 aliphatic heterocycles. The van der Waals surface area contributed by atoms with E-state index in [2.05, 4.69) is 17.9 Å². The molecule has 0 fully saturated rings. The van der Waals surface area contributed by atoms with E-state index < -0.39 is 5.91 Å². The number of primary amides is 1. The standard InChI is InChI=1S/C13H21N3OS/c14-11-6-5-10(13(15)17)9-12(11)16-7-3-1-2-4-8-18/h5-6,9,16,18H,1-4,7-8,14H2,(H2,15,17). The van der Waals surface area contributed by atoms with Crippen molar-refractivity contribution in [1.82, 2.24) is 0 Å². The topological polar surface area (TPSA) is 81.1 Å². The van der Waals surface area contributed by atoms with Crippen LogP contribution in [0.5, 0.6) is 0 Å². The van der Waals surface area contributed by atoms with Gasteiger partial charge in [0.15, 0.2) is 0 Å². The number of anilines is 2. The van der Waals surface area contributed by atoms with E-state index in [0.717, 1.165) is 30.8 Å². The average molecular weight is 267 g/mol. The van der Waals surface area contributed by atoms with Crippen molar-refractivity contribution in [2.45, 2.75) is 25.7 Å². The number of nitrogens with one attached hydrogen (secondary N) is 1. The van der Waals surface area contributed by atoms with Gasteiger partial charge in [-0.05, 0) is 36.8 Å². The van der Waals surface area contributed by atoms with Crippen LogP contribution < -0.4 is 16.8 Å². The van der Waals surface area contributed by atoms with E-state index in [1.165, 1.54) is 12.8 Å². The number of hydrogen-bond acceptors (Lipinski definition) is 4. The fraction of sp³-hybridized carbons (Fsp3) is 0.462. The molecule has 0 spiro atoms. The molecule has 5 N–H and O–H groups in total. The fourth-order valence-corrected chi connectivity index (χ4v) is 1.90. The highest BCUT2D eigenvalue weighted by atomic mass is 32.1. The lowest BCUT2D eigenvalue weighted by Gasteiger charge is -2.10. The van der Waals surface area contributed by atoms with Gasteiger partial charge in [0.05, 0.1) is 11.4 Å². The Morgan fingerprint density at radius 3 is 2.61 bits per heavy atom. The average Bonchev–Trinajstić information content (AvgIpc) is 2.35. The molecule has 0 unspecified atom stereocenters. The maximum absolute atomic E-state index is 11.1. The molecule has 1 aromatic rings. The minimum absolute atomic E-state index is 0.438. The van der Waals surface area contributed by atoms with E-state index in [1.807, 2.05) is 0 Å². The predicted molar refractivity (Wildman–Crippen MR) is 80.2 cm³/mol. The van der Waals surface area contributed by atoms with Crippen LogP contribution in [0.4, 0.5) is 11.4 Å². The Bertz CT molecular complexity index is 396. The van der Waals surface area contributed by atoms with Crippen molar-refractivity contribution >= 4 is 29.9 Å². The molecule has 0 aliphatic rings. The van der Waals surface area contributed by atoms with Gasteiger partial charge in [-0.3, -0.25) is 4.79 Å². The van der Waals surface area contributed by atoms with E-state index in [0.29, 0.717) is 11.3 Å². The molecular weight excluding hydrogens is 246 g/mol. The third kappa shape index (κ3) is 4.87. The van der Waals surface area contributed by atoms with Crippen molar-refractivity contribution in [3.8, 4) is 0 Å². The summed E-state index contributed by atoms with van der Waals surface area (Å²) < 4.78 is 0. The SMILES string of the molecule is NC(=O)c1ccc(N)c(NCCCCCCS)c1. The molecule has 0 aliphatic carbocycles. The van der Waals surface area contributed by atoms with Gasteiger partial charge >= 0.3 is 0 Å². The van der Waals surface area contributed by atoms with Crippen LogP contribution in [0.3, 0.4) is 0 Å². The maximum atomic E-state index is 11.1. The van der Waals surface area contributed by atoms with Crippen LogP contribution >= 0.6 is 12.6 Å². The van der Waals surface area contributed by atoms with Crippen molar-refractivity contribution in [3.63, 3.8) is 0 Å². The van der Waals surface area contributed by atoms with Crippen molar-refractivity contribution < 1.29 is 4.79 Å². The maximum Gasteiger partial charge on any atom is 0.248 e. The number of rotatable bonds is 8. The first-order chi connectivity index (χ1) is 8.65. The Labute approximate surface area is 114 Å². The van der Waals surface area contributed by atoms with E-state index in [1.54, 1.807) is 18.2 Å². The summed E-state index contributed by atoms with van der Waals surface area (Å²) in [6.45, 7) is 0.846. The number of thiol groups is 1. The number of nitrogens with two attached hydrogens (primary N) is 2. The van der Waals surface area contributed by atoms with Gasteiger partial charge in [-0.25, -0.2) is 0 Å². The second-order valence-corrected chi connectivity index (χ2v) is 4.68. The minimum Gasteiger partial charge on any atom is -0.397 e.